The van der Waals surface area contributed by atoms with Crippen LogP contribution >= 0.6 is 0 Å². The Kier molecular flexibility index (Phi) is 7.03. The molecule has 0 aliphatic heterocycles. The van der Waals surface area contributed by atoms with Crippen LogP contribution < -0.4 is 5.73 Å². The predicted octanol–water partition coefficient (Wildman–Crippen LogP) is 4.97. The van der Waals surface area contributed by atoms with Gasteiger partial charge in [0.15, 0.2) is 0 Å². The first-order valence-electron chi connectivity index (χ1n) is 9.57. The molecule has 138 valence electrons. The molecule has 4 heteroatoms. The Bertz CT molecular complexity index is 794. The summed E-state index contributed by atoms with van der Waals surface area (Å²) in [6.07, 6.45) is 6.51. The van der Waals surface area contributed by atoms with E-state index in [0.717, 1.165) is 61.9 Å². The van der Waals surface area contributed by atoms with Crippen LogP contribution in [0.5, 0.6) is 0 Å². The van der Waals surface area contributed by atoms with E-state index < -0.39 is 0 Å². The molecule has 2 aromatic rings. The molecule has 1 aromatic heterocycles. The van der Waals surface area contributed by atoms with Gasteiger partial charge in [-0.15, -0.1) is 0 Å². The van der Waals surface area contributed by atoms with Gasteiger partial charge in [0.1, 0.15) is 0 Å². The number of hydrogen-bond donors (Lipinski definition) is 1. The maximum Gasteiger partial charge on any atom is 0.251 e. The van der Waals surface area contributed by atoms with Crippen LogP contribution in [0.1, 0.15) is 73.3 Å². The number of nitrogens with two attached hydrogens (primary N) is 1. The highest BCUT2D eigenvalue weighted by molar-refractivity contribution is 6.02. The topological polar surface area (TPSA) is 71.8 Å². The van der Waals surface area contributed by atoms with E-state index in [1.165, 1.54) is 5.69 Å². The van der Waals surface area contributed by atoms with E-state index >= 15 is 0 Å². The second kappa shape index (κ2) is 9.24. The summed E-state index contributed by atoms with van der Waals surface area (Å²) < 4.78 is 2.28. The van der Waals surface area contributed by atoms with Crippen LogP contribution in [-0.4, -0.2) is 10.5 Å². The standard InChI is InChI=1S/C22H29N3O/c1-4-6-8-9-19-21(18-12-10-17(15-23)11-13-18)20(22(24)26)16(3)25(19)14-7-5-2/h10-13H,4-9,14H2,1-3H3,(H2,24,26). The summed E-state index contributed by atoms with van der Waals surface area (Å²) >= 11 is 0. The van der Waals surface area contributed by atoms with Gasteiger partial charge in [-0.05, 0) is 43.9 Å². The molecule has 0 unspecified atom stereocenters. The van der Waals surface area contributed by atoms with Crippen molar-refractivity contribution < 1.29 is 4.79 Å². The summed E-state index contributed by atoms with van der Waals surface area (Å²) in [4.78, 5) is 12.3. The normalized spacial score (nSPS) is 10.7. The average Bonchev–Trinajstić information content (AvgIpc) is 2.92. The molecule has 0 saturated carbocycles. The SMILES string of the molecule is CCCCCc1c(-c2ccc(C#N)cc2)c(C(N)=O)c(C)n1CCCC. The first kappa shape index (κ1) is 19.8. The lowest BCUT2D eigenvalue weighted by atomic mass is 9.96. The minimum atomic E-state index is -0.381. The zero-order valence-electron chi connectivity index (χ0n) is 16.1. The van der Waals surface area contributed by atoms with Crippen LogP contribution in [0.3, 0.4) is 0 Å². The van der Waals surface area contributed by atoms with Crippen molar-refractivity contribution in [2.45, 2.75) is 65.8 Å². The van der Waals surface area contributed by atoms with Crippen molar-refractivity contribution in [1.82, 2.24) is 4.57 Å². The number of nitriles is 1. The molecule has 0 atom stereocenters. The van der Waals surface area contributed by atoms with E-state index in [2.05, 4.69) is 24.5 Å². The second-order valence-corrected chi connectivity index (χ2v) is 6.80. The lowest BCUT2D eigenvalue weighted by molar-refractivity contribution is 0.1000. The van der Waals surface area contributed by atoms with Crippen LogP contribution in [0.2, 0.25) is 0 Å². The highest BCUT2D eigenvalue weighted by Gasteiger charge is 2.24. The van der Waals surface area contributed by atoms with E-state index in [0.29, 0.717) is 11.1 Å². The van der Waals surface area contributed by atoms with Gasteiger partial charge in [-0.2, -0.15) is 5.26 Å². The second-order valence-electron chi connectivity index (χ2n) is 6.80. The first-order valence-corrected chi connectivity index (χ1v) is 9.57. The minimum absolute atomic E-state index is 0.381. The Labute approximate surface area is 156 Å². The van der Waals surface area contributed by atoms with Gasteiger partial charge in [0.2, 0.25) is 0 Å². The van der Waals surface area contributed by atoms with Crippen molar-refractivity contribution in [3.8, 4) is 17.2 Å². The summed E-state index contributed by atoms with van der Waals surface area (Å²) in [6.45, 7) is 7.26. The molecule has 0 saturated heterocycles. The van der Waals surface area contributed by atoms with Gasteiger partial charge in [-0.3, -0.25) is 4.79 Å². The summed E-state index contributed by atoms with van der Waals surface area (Å²) in [6, 6.07) is 9.60. The number of hydrogen-bond acceptors (Lipinski definition) is 2. The minimum Gasteiger partial charge on any atom is -0.366 e. The number of rotatable bonds is 9. The molecule has 26 heavy (non-hydrogen) atoms. The lowest BCUT2D eigenvalue weighted by Crippen LogP contribution is -2.13. The average molecular weight is 351 g/mol. The maximum absolute atomic E-state index is 12.3. The molecule has 0 spiro atoms. The summed E-state index contributed by atoms with van der Waals surface area (Å²) in [5.41, 5.74) is 11.1. The fraction of sp³-hybridized carbons (Fsp3) is 0.455. The molecule has 0 fully saturated rings. The van der Waals surface area contributed by atoms with Gasteiger partial charge in [0.25, 0.3) is 5.91 Å². The molecule has 2 N–H and O–H groups in total. The fourth-order valence-corrected chi connectivity index (χ4v) is 3.54. The fourth-order valence-electron chi connectivity index (χ4n) is 3.54. The van der Waals surface area contributed by atoms with Crippen molar-refractivity contribution in [3.63, 3.8) is 0 Å². The Balaban J connectivity index is 2.63. The highest BCUT2D eigenvalue weighted by atomic mass is 16.1. The van der Waals surface area contributed by atoms with Crippen molar-refractivity contribution in [1.29, 1.82) is 5.26 Å². The number of carbonyl (C=O) groups excluding carboxylic acids is 1. The number of nitrogens with zero attached hydrogens (tertiary/aromatic N) is 2. The van der Waals surface area contributed by atoms with Gasteiger partial charge >= 0.3 is 0 Å². The van der Waals surface area contributed by atoms with Crippen molar-refractivity contribution in [2.75, 3.05) is 0 Å². The monoisotopic (exact) mass is 351 g/mol. The molecule has 1 amide bonds. The van der Waals surface area contributed by atoms with Crippen LogP contribution in [-0.2, 0) is 13.0 Å². The summed E-state index contributed by atoms with van der Waals surface area (Å²) in [5, 5.41) is 9.06. The van der Waals surface area contributed by atoms with Crippen LogP contribution in [0.25, 0.3) is 11.1 Å². The third-order valence-corrected chi connectivity index (χ3v) is 4.93. The zero-order chi connectivity index (χ0) is 19.1. The largest absolute Gasteiger partial charge is 0.366 e. The number of primary amides is 1. The Morgan fingerprint density at radius 2 is 1.77 bits per heavy atom. The van der Waals surface area contributed by atoms with Crippen molar-refractivity contribution >= 4 is 5.91 Å². The Morgan fingerprint density at radius 1 is 1.12 bits per heavy atom. The van der Waals surface area contributed by atoms with E-state index in [4.69, 9.17) is 11.0 Å². The Hall–Kier alpha value is -2.54. The zero-order valence-corrected chi connectivity index (χ0v) is 16.1. The molecule has 4 nitrogen and oxygen atoms in total. The third-order valence-electron chi connectivity index (χ3n) is 4.93. The van der Waals surface area contributed by atoms with E-state index in [9.17, 15) is 4.79 Å². The van der Waals surface area contributed by atoms with Crippen LogP contribution in [0.15, 0.2) is 24.3 Å². The van der Waals surface area contributed by atoms with Gasteiger partial charge < -0.3 is 10.3 Å². The summed E-state index contributed by atoms with van der Waals surface area (Å²) in [5.74, 6) is -0.381. The van der Waals surface area contributed by atoms with E-state index in [-0.39, 0.29) is 5.91 Å². The number of unbranched alkanes of at least 4 members (excludes halogenated alkanes) is 3. The number of carbonyl (C=O) groups is 1. The molecule has 0 radical (unpaired) electrons. The predicted molar refractivity (Wildman–Crippen MR) is 106 cm³/mol. The lowest BCUT2D eigenvalue weighted by Gasteiger charge is -2.13. The van der Waals surface area contributed by atoms with E-state index in [1.807, 2.05) is 19.1 Å². The van der Waals surface area contributed by atoms with Crippen LogP contribution in [0.4, 0.5) is 0 Å². The number of benzene rings is 1. The first-order chi connectivity index (χ1) is 12.5. The van der Waals surface area contributed by atoms with Crippen molar-refractivity contribution in [2.24, 2.45) is 5.73 Å². The highest BCUT2D eigenvalue weighted by Crippen LogP contribution is 2.34. The molecule has 2 rings (SSSR count). The van der Waals surface area contributed by atoms with E-state index in [1.54, 1.807) is 12.1 Å². The summed E-state index contributed by atoms with van der Waals surface area (Å²) in [7, 11) is 0. The molecule has 0 aliphatic rings. The van der Waals surface area contributed by atoms with Gasteiger partial charge in [-0.1, -0.05) is 45.2 Å². The van der Waals surface area contributed by atoms with Gasteiger partial charge in [0, 0.05) is 23.5 Å². The molecule has 1 heterocycles. The van der Waals surface area contributed by atoms with Crippen molar-refractivity contribution in [3.05, 3.63) is 46.8 Å². The molecule has 1 aromatic carbocycles. The number of amides is 1. The van der Waals surface area contributed by atoms with Crippen LogP contribution in [0, 0.1) is 18.3 Å². The van der Waals surface area contributed by atoms with Gasteiger partial charge in [0.05, 0.1) is 17.2 Å². The Morgan fingerprint density at radius 3 is 2.31 bits per heavy atom. The molecule has 0 aliphatic carbocycles. The molecule has 0 bridgehead atoms. The number of aromatic nitrogens is 1. The third kappa shape index (κ3) is 4.16. The van der Waals surface area contributed by atoms with Gasteiger partial charge in [-0.25, -0.2) is 0 Å². The smallest absolute Gasteiger partial charge is 0.251 e. The maximum atomic E-state index is 12.3. The molecular weight excluding hydrogens is 322 g/mol. The molecular formula is C22H29N3O. The quantitative estimate of drug-likeness (QED) is 0.648.